The molecule has 0 bridgehead atoms. The first-order chi connectivity index (χ1) is 15.0. The van der Waals surface area contributed by atoms with Gasteiger partial charge in [0.15, 0.2) is 22.7 Å². The molecule has 4 aromatic rings. The summed E-state index contributed by atoms with van der Waals surface area (Å²) >= 11 is 0. The third-order valence-electron chi connectivity index (χ3n) is 4.81. The zero-order chi connectivity index (χ0) is 21.5. The summed E-state index contributed by atoms with van der Waals surface area (Å²) in [5.41, 5.74) is 1.11. The number of benzene rings is 1. The molecule has 0 atom stereocenters. The van der Waals surface area contributed by atoms with Gasteiger partial charge in [0, 0.05) is 11.3 Å². The number of imidazole rings is 1. The molecule has 10 nitrogen and oxygen atoms in total. The molecular formula is C20H18FN7O3. The Morgan fingerprint density at radius 2 is 2.23 bits per heavy atom. The van der Waals surface area contributed by atoms with Crippen molar-refractivity contribution in [2.75, 3.05) is 12.4 Å². The van der Waals surface area contributed by atoms with Gasteiger partial charge in [0.05, 0.1) is 25.0 Å². The molecule has 4 N–H and O–H groups in total. The fourth-order valence-corrected chi connectivity index (χ4v) is 3.21. The highest BCUT2D eigenvalue weighted by Gasteiger charge is 2.20. The molecule has 0 radical (unpaired) electrons. The molecule has 31 heavy (non-hydrogen) atoms. The van der Waals surface area contributed by atoms with E-state index in [0.29, 0.717) is 27.9 Å². The van der Waals surface area contributed by atoms with E-state index in [0.717, 1.165) is 12.8 Å². The van der Waals surface area contributed by atoms with Crippen molar-refractivity contribution in [1.29, 1.82) is 0 Å². The molecule has 1 aliphatic rings. The number of aromatic hydroxyl groups is 1. The van der Waals surface area contributed by atoms with E-state index in [1.165, 1.54) is 13.2 Å². The van der Waals surface area contributed by atoms with Crippen LogP contribution in [-0.4, -0.2) is 42.8 Å². The van der Waals surface area contributed by atoms with Gasteiger partial charge in [-0.1, -0.05) is 6.07 Å². The van der Waals surface area contributed by atoms with Gasteiger partial charge in [-0.15, -0.1) is 0 Å². The maximum atomic E-state index is 14.1. The fourth-order valence-electron chi connectivity index (χ4n) is 3.21. The number of halogens is 1. The molecule has 0 unspecified atom stereocenters. The Hall–Kier alpha value is -4.15. The van der Waals surface area contributed by atoms with Gasteiger partial charge in [-0.3, -0.25) is 9.98 Å². The molecule has 0 spiro atoms. The van der Waals surface area contributed by atoms with Crippen molar-refractivity contribution >= 4 is 23.2 Å². The monoisotopic (exact) mass is 423 g/mol. The molecule has 0 saturated heterocycles. The number of ether oxygens (including phenoxy) is 1. The molecule has 0 amide bonds. The van der Waals surface area contributed by atoms with Gasteiger partial charge in [0.25, 0.3) is 0 Å². The topological polar surface area (TPSA) is 133 Å². The highest BCUT2D eigenvalue weighted by molar-refractivity contribution is 5.66. The molecule has 1 aliphatic carbocycles. The van der Waals surface area contributed by atoms with E-state index < -0.39 is 11.5 Å². The minimum Gasteiger partial charge on any atom is -0.493 e. The number of hydrogen-bond acceptors (Lipinski definition) is 7. The van der Waals surface area contributed by atoms with Gasteiger partial charge in [0.2, 0.25) is 5.88 Å². The summed E-state index contributed by atoms with van der Waals surface area (Å²) in [5.74, 6) is -0.301. The standard InChI is InChI=1S/C20H18FN7O3/c1-31-17-12(21)3-2-4-13(17)24-15-8-16(23-11-5-6-11)28-18(26-15)10(9-22-28)7-14-19(29)27-20(30)25-14/h2-4,7-9,11,24,29H,5-6H2,1H3,(H2,25,27,30). The molecule has 0 aliphatic heterocycles. The van der Waals surface area contributed by atoms with E-state index in [2.05, 4.69) is 25.4 Å². The number of aromatic nitrogens is 5. The van der Waals surface area contributed by atoms with E-state index in [4.69, 9.17) is 9.73 Å². The van der Waals surface area contributed by atoms with Crippen LogP contribution in [0.4, 0.5) is 15.9 Å². The predicted molar refractivity (Wildman–Crippen MR) is 110 cm³/mol. The first-order valence-corrected chi connectivity index (χ1v) is 9.57. The second-order valence-electron chi connectivity index (χ2n) is 7.13. The highest BCUT2D eigenvalue weighted by Crippen LogP contribution is 2.29. The lowest BCUT2D eigenvalue weighted by Gasteiger charge is -2.11. The van der Waals surface area contributed by atoms with Gasteiger partial charge >= 0.3 is 5.69 Å². The number of aromatic amines is 2. The summed E-state index contributed by atoms with van der Waals surface area (Å²) in [6, 6.07) is 6.50. The SMILES string of the molecule is COc1c(F)cccc1Nc1cc(=NC2CC2)n2ncc(=Cc3[nH]c(=O)[nH]c3O)c2n1. The molecule has 3 heterocycles. The van der Waals surface area contributed by atoms with Crippen molar-refractivity contribution in [2.24, 2.45) is 4.99 Å². The van der Waals surface area contributed by atoms with Crippen LogP contribution in [0.5, 0.6) is 11.6 Å². The average Bonchev–Trinajstić information content (AvgIpc) is 3.37. The van der Waals surface area contributed by atoms with E-state index in [1.54, 1.807) is 35.0 Å². The van der Waals surface area contributed by atoms with Gasteiger partial charge in [-0.25, -0.2) is 14.2 Å². The first kappa shape index (κ1) is 18.9. The number of methoxy groups -OCH3 is 1. The zero-order valence-electron chi connectivity index (χ0n) is 16.4. The number of fused-ring (bicyclic) bond motifs is 1. The smallest absolute Gasteiger partial charge is 0.326 e. The fraction of sp³-hybridized carbons (Fsp3) is 0.200. The summed E-state index contributed by atoms with van der Waals surface area (Å²) < 4.78 is 20.8. The van der Waals surface area contributed by atoms with Crippen LogP contribution in [0, 0.1) is 5.82 Å². The molecule has 158 valence electrons. The number of rotatable bonds is 5. The van der Waals surface area contributed by atoms with Crippen molar-refractivity contribution in [2.45, 2.75) is 18.9 Å². The first-order valence-electron chi connectivity index (χ1n) is 9.57. The van der Waals surface area contributed by atoms with E-state index >= 15 is 0 Å². The lowest BCUT2D eigenvalue weighted by molar-refractivity contribution is 0.388. The third kappa shape index (κ3) is 3.61. The second kappa shape index (κ2) is 7.27. The largest absolute Gasteiger partial charge is 0.493 e. The average molecular weight is 423 g/mol. The Balaban J connectivity index is 1.69. The number of para-hydroxylation sites is 1. The normalized spacial score (nSPS) is 15.0. The quantitative estimate of drug-likeness (QED) is 0.378. The Bertz CT molecular complexity index is 1470. The maximum Gasteiger partial charge on any atom is 0.326 e. The Labute approximate surface area is 173 Å². The summed E-state index contributed by atoms with van der Waals surface area (Å²) in [6.45, 7) is 0. The maximum absolute atomic E-state index is 14.1. The van der Waals surface area contributed by atoms with Gasteiger partial charge in [-0.2, -0.15) is 9.61 Å². The number of nitrogens with one attached hydrogen (secondary N) is 3. The Kier molecular flexibility index (Phi) is 4.42. The third-order valence-corrected chi connectivity index (χ3v) is 4.81. The van der Waals surface area contributed by atoms with E-state index in [1.807, 2.05) is 0 Å². The van der Waals surface area contributed by atoms with Crippen molar-refractivity contribution in [1.82, 2.24) is 24.6 Å². The summed E-state index contributed by atoms with van der Waals surface area (Å²) in [5, 5.41) is 17.9. The number of hydrogen-bond donors (Lipinski definition) is 4. The molecule has 3 aromatic heterocycles. The number of nitrogens with zero attached hydrogens (tertiary/aromatic N) is 4. The molecule has 1 fully saturated rings. The Morgan fingerprint density at radius 1 is 1.39 bits per heavy atom. The summed E-state index contributed by atoms with van der Waals surface area (Å²) in [7, 11) is 1.39. The zero-order valence-corrected chi connectivity index (χ0v) is 16.4. The summed E-state index contributed by atoms with van der Waals surface area (Å²) in [6.07, 6.45) is 5.12. The van der Waals surface area contributed by atoms with Crippen molar-refractivity contribution in [3.8, 4) is 11.6 Å². The van der Waals surface area contributed by atoms with Gasteiger partial charge in [0.1, 0.15) is 11.5 Å². The van der Waals surface area contributed by atoms with Crippen LogP contribution in [0.25, 0.3) is 11.7 Å². The van der Waals surface area contributed by atoms with Crippen molar-refractivity contribution < 1.29 is 14.2 Å². The molecular weight excluding hydrogens is 405 g/mol. The van der Waals surface area contributed by atoms with Crippen LogP contribution in [0.1, 0.15) is 18.5 Å². The van der Waals surface area contributed by atoms with E-state index in [-0.39, 0.29) is 23.4 Å². The molecule has 11 heteroatoms. The second-order valence-corrected chi connectivity index (χ2v) is 7.13. The van der Waals surface area contributed by atoms with Gasteiger partial charge < -0.3 is 20.1 Å². The van der Waals surface area contributed by atoms with Crippen LogP contribution in [0.3, 0.4) is 0 Å². The predicted octanol–water partition coefficient (Wildman–Crippen LogP) is 0.953. The lowest BCUT2D eigenvalue weighted by atomic mass is 10.2. The van der Waals surface area contributed by atoms with Crippen molar-refractivity contribution in [3.05, 3.63) is 63.2 Å². The summed E-state index contributed by atoms with van der Waals surface area (Å²) in [4.78, 5) is 25.5. The van der Waals surface area contributed by atoms with Crippen LogP contribution >= 0.6 is 0 Å². The Morgan fingerprint density at radius 3 is 2.94 bits per heavy atom. The minimum absolute atomic E-state index is 0.0694. The highest BCUT2D eigenvalue weighted by atomic mass is 19.1. The molecule has 1 saturated carbocycles. The lowest BCUT2D eigenvalue weighted by Crippen LogP contribution is -2.20. The van der Waals surface area contributed by atoms with E-state index in [9.17, 15) is 14.3 Å². The van der Waals surface area contributed by atoms with Crippen LogP contribution < -0.4 is 26.4 Å². The number of H-pyrrole nitrogens is 2. The van der Waals surface area contributed by atoms with Crippen LogP contribution in [-0.2, 0) is 0 Å². The van der Waals surface area contributed by atoms with Gasteiger partial charge in [-0.05, 0) is 31.1 Å². The minimum atomic E-state index is -0.529. The van der Waals surface area contributed by atoms with Crippen molar-refractivity contribution in [3.63, 3.8) is 0 Å². The van der Waals surface area contributed by atoms with Crippen LogP contribution in [0.15, 0.2) is 40.2 Å². The number of anilines is 2. The van der Waals surface area contributed by atoms with Crippen LogP contribution in [0.2, 0.25) is 0 Å². The molecule has 5 rings (SSSR count). The molecule has 1 aromatic carbocycles.